The molecule has 40 heavy (non-hydrogen) atoms. The van der Waals surface area contributed by atoms with Crippen molar-refractivity contribution in [2.24, 2.45) is 0 Å². The first kappa shape index (κ1) is 29.7. The van der Waals surface area contributed by atoms with Gasteiger partial charge in [0.05, 0.1) is 24.2 Å². The Balaban J connectivity index is 0.000000695. The summed E-state index contributed by atoms with van der Waals surface area (Å²) in [5.41, 5.74) is 3.15. The number of nitrogens with one attached hydrogen (secondary N) is 2. The third kappa shape index (κ3) is 6.55. The number of amides is 1. The second-order valence-electron chi connectivity index (χ2n) is 9.71. The van der Waals surface area contributed by atoms with Gasteiger partial charge in [-0.25, -0.2) is 9.37 Å². The zero-order chi connectivity index (χ0) is 28.6. The van der Waals surface area contributed by atoms with E-state index >= 15 is 0 Å². The first-order valence-electron chi connectivity index (χ1n) is 13.7. The summed E-state index contributed by atoms with van der Waals surface area (Å²) in [6.45, 7) is 6.25. The Morgan fingerprint density at radius 2 is 1.77 bits per heavy atom. The molecule has 1 aromatic carbocycles. The molecule has 3 aliphatic rings. The maximum atomic E-state index is 15.0. The molecular weight excluding hydrogens is 519 g/mol. The number of rotatable bonds is 6. The number of hydrogen-bond donors (Lipinski definition) is 3. The maximum Gasteiger partial charge on any atom is 0.207 e. The Labute approximate surface area is 233 Å². The Hall–Kier alpha value is -3.25. The standard InChI is InChI=1S/C25H27FN4O5.C2H6O.C2H6/c26-17-9-18-19(10-22(28-18)35-21-12-34-24-20(32)11-33-25(21)24)29-23(17)14-1-3-16(4-2-14)30-7-5-15(6-8-30)27-13-31;1-3-2;1-2/h1-4,9-10,13,15,20-21,24-25,28,32H,5-8,11-12H2,(H,27,31);1-2H3;1-2H3/t20-,21-,24?,25-;;/m1../s1. The largest absolute Gasteiger partial charge is 0.470 e. The summed E-state index contributed by atoms with van der Waals surface area (Å²) < 4.78 is 36.4. The number of methoxy groups -OCH3 is 1. The van der Waals surface area contributed by atoms with Crippen molar-refractivity contribution in [2.45, 2.75) is 57.1 Å². The van der Waals surface area contributed by atoms with Crippen molar-refractivity contribution in [3.63, 3.8) is 0 Å². The number of aliphatic hydroxyl groups excluding tert-OH is 1. The predicted molar refractivity (Wildman–Crippen MR) is 150 cm³/mol. The molecule has 2 aromatic heterocycles. The fraction of sp³-hybridized carbons (Fsp3) is 0.517. The van der Waals surface area contributed by atoms with Crippen LogP contribution in [0.3, 0.4) is 0 Å². The molecule has 6 rings (SSSR count). The molecule has 218 valence electrons. The first-order chi connectivity index (χ1) is 19.5. The lowest BCUT2D eigenvalue weighted by atomic mass is 10.0. The number of halogens is 1. The average Bonchev–Trinajstić information content (AvgIpc) is 3.67. The molecule has 5 heterocycles. The summed E-state index contributed by atoms with van der Waals surface area (Å²) in [5, 5.41) is 12.8. The second-order valence-corrected chi connectivity index (χ2v) is 9.71. The van der Waals surface area contributed by atoms with Gasteiger partial charge in [-0.2, -0.15) is 0 Å². The van der Waals surface area contributed by atoms with Gasteiger partial charge in [0.25, 0.3) is 0 Å². The summed E-state index contributed by atoms with van der Waals surface area (Å²) in [7, 11) is 3.25. The number of fused-ring (bicyclic) bond motifs is 2. The molecular formula is C29H39FN4O6. The summed E-state index contributed by atoms with van der Waals surface area (Å²) >= 11 is 0. The van der Waals surface area contributed by atoms with Crippen LogP contribution >= 0.6 is 0 Å². The summed E-state index contributed by atoms with van der Waals surface area (Å²) in [6.07, 6.45) is 0.837. The van der Waals surface area contributed by atoms with Gasteiger partial charge in [-0.1, -0.05) is 26.0 Å². The maximum absolute atomic E-state index is 15.0. The van der Waals surface area contributed by atoms with E-state index in [-0.39, 0.29) is 36.7 Å². The lowest BCUT2D eigenvalue weighted by molar-refractivity contribution is -0.110. The van der Waals surface area contributed by atoms with Gasteiger partial charge in [-0.05, 0) is 25.0 Å². The molecule has 0 saturated carbocycles. The van der Waals surface area contributed by atoms with Crippen molar-refractivity contribution in [1.29, 1.82) is 0 Å². The van der Waals surface area contributed by atoms with Crippen LogP contribution in [0.25, 0.3) is 22.3 Å². The minimum Gasteiger partial charge on any atom is -0.470 e. The van der Waals surface area contributed by atoms with Crippen molar-refractivity contribution in [3.8, 4) is 17.1 Å². The Bertz CT molecular complexity index is 1230. The van der Waals surface area contributed by atoms with Crippen LogP contribution in [-0.4, -0.2) is 92.5 Å². The molecule has 3 N–H and O–H groups in total. The van der Waals surface area contributed by atoms with Gasteiger partial charge < -0.3 is 39.3 Å². The van der Waals surface area contributed by atoms with E-state index in [9.17, 15) is 14.3 Å². The van der Waals surface area contributed by atoms with Crippen molar-refractivity contribution >= 4 is 23.1 Å². The molecule has 3 aliphatic heterocycles. The van der Waals surface area contributed by atoms with Crippen LogP contribution in [0.15, 0.2) is 36.4 Å². The first-order valence-corrected chi connectivity index (χ1v) is 13.7. The number of carbonyl (C=O) groups is 1. The number of anilines is 1. The van der Waals surface area contributed by atoms with Gasteiger partial charge >= 0.3 is 0 Å². The number of aromatic amines is 1. The Morgan fingerprint density at radius 1 is 1.10 bits per heavy atom. The number of piperidine rings is 1. The lowest BCUT2D eigenvalue weighted by Crippen LogP contribution is -2.42. The topological polar surface area (TPSA) is 118 Å². The molecule has 0 radical (unpaired) electrons. The number of aromatic nitrogens is 2. The number of ether oxygens (including phenoxy) is 4. The highest BCUT2D eigenvalue weighted by Gasteiger charge is 2.48. The second kappa shape index (κ2) is 13.9. The third-order valence-electron chi connectivity index (χ3n) is 7.10. The SMILES string of the molecule is CC.COC.O=CNC1CCN(c2ccc(-c3nc4cc(O[C@@H]5COC6[C@H](O)CO[C@@H]65)[nH]c4cc3F)cc2)CC1. The van der Waals surface area contributed by atoms with Crippen LogP contribution in [0.2, 0.25) is 0 Å². The number of pyridine rings is 1. The van der Waals surface area contributed by atoms with E-state index in [0.717, 1.165) is 38.0 Å². The average molecular weight is 559 g/mol. The van der Waals surface area contributed by atoms with Crippen LogP contribution in [0, 0.1) is 5.82 Å². The fourth-order valence-corrected chi connectivity index (χ4v) is 5.21. The van der Waals surface area contributed by atoms with Crippen LogP contribution in [0.1, 0.15) is 26.7 Å². The monoisotopic (exact) mass is 558 g/mol. The van der Waals surface area contributed by atoms with Gasteiger partial charge in [0.15, 0.2) is 17.8 Å². The summed E-state index contributed by atoms with van der Waals surface area (Å²) in [4.78, 5) is 20.5. The smallest absolute Gasteiger partial charge is 0.207 e. The number of carbonyl (C=O) groups excluding carboxylic acids is 1. The van der Waals surface area contributed by atoms with E-state index in [2.05, 4.69) is 24.9 Å². The molecule has 4 atom stereocenters. The molecule has 11 heteroatoms. The van der Waals surface area contributed by atoms with Crippen molar-refractivity contribution in [1.82, 2.24) is 15.3 Å². The van der Waals surface area contributed by atoms with E-state index in [1.165, 1.54) is 6.07 Å². The molecule has 1 amide bonds. The van der Waals surface area contributed by atoms with Gasteiger partial charge in [-0.15, -0.1) is 0 Å². The molecule has 3 saturated heterocycles. The van der Waals surface area contributed by atoms with Gasteiger partial charge in [0.2, 0.25) is 6.41 Å². The van der Waals surface area contributed by atoms with Crippen molar-refractivity contribution < 1.29 is 33.2 Å². The van der Waals surface area contributed by atoms with E-state index < -0.39 is 11.9 Å². The van der Waals surface area contributed by atoms with E-state index in [1.807, 2.05) is 38.1 Å². The van der Waals surface area contributed by atoms with Gasteiger partial charge in [0, 0.05) is 56.7 Å². The Kier molecular flexibility index (Phi) is 10.3. The number of benzene rings is 1. The quantitative estimate of drug-likeness (QED) is 0.395. The zero-order valence-electron chi connectivity index (χ0n) is 23.4. The molecule has 0 bridgehead atoms. The van der Waals surface area contributed by atoms with Crippen molar-refractivity contribution in [2.75, 3.05) is 45.4 Å². The van der Waals surface area contributed by atoms with Gasteiger partial charge in [0.1, 0.15) is 24.0 Å². The van der Waals surface area contributed by atoms with Crippen LogP contribution < -0.4 is 15.0 Å². The van der Waals surface area contributed by atoms with E-state index in [4.69, 9.17) is 14.2 Å². The fourth-order valence-electron chi connectivity index (χ4n) is 5.21. The molecule has 3 aromatic rings. The molecule has 0 spiro atoms. The molecule has 0 aliphatic carbocycles. The highest BCUT2D eigenvalue weighted by Crippen LogP contribution is 2.32. The minimum atomic E-state index is -0.646. The number of H-pyrrole nitrogens is 1. The van der Waals surface area contributed by atoms with Crippen molar-refractivity contribution in [3.05, 3.63) is 42.2 Å². The number of aliphatic hydroxyl groups is 1. The molecule has 10 nitrogen and oxygen atoms in total. The third-order valence-corrected chi connectivity index (χ3v) is 7.10. The van der Waals surface area contributed by atoms with Crippen LogP contribution in [0.5, 0.6) is 5.88 Å². The normalized spacial score (nSPS) is 24.0. The van der Waals surface area contributed by atoms with Gasteiger partial charge in [-0.3, -0.25) is 4.79 Å². The minimum absolute atomic E-state index is 0.225. The van der Waals surface area contributed by atoms with E-state index in [0.29, 0.717) is 29.1 Å². The predicted octanol–water partition coefficient (Wildman–Crippen LogP) is 3.28. The highest BCUT2D eigenvalue weighted by atomic mass is 19.1. The Morgan fingerprint density at radius 3 is 2.45 bits per heavy atom. The lowest BCUT2D eigenvalue weighted by Gasteiger charge is -2.33. The molecule has 3 fully saturated rings. The van der Waals surface area contributed by atoms with Crippen LogP contribution in [-0.2, 0) is 19.0 Å². The zero-order valence-corrected chi connectivity index (χ0v) is 23.4. The number of nitrogens with zero attached hydrogens (tertiary/aromatic N) is 2. The highest BCUT2D eigenvalue weighted by molar-refractivity contribution is 5.81. The van der Waals surface area contributed by atoms with Crippen LogP contribution in [0.4, 0.5) is 10.1 Å². The summed E-state index contributed by atoms with van der Waals surface area (Å²) in [6, 6.07) is 11.1. The number of hydrogen-bond acceptors (Lipinski definition) is 8. The van der Waals surface area contributed by atoms with E-state index in [1.54, 1.807) is 20.3 Å². The summed E-state index contributed by atoms with van der Waals surface area (Å²) in [5.74, 6) is 0.0250. The molecule has 1 unspecified atom stereocenters.